The maximum atomic E-state index is 5.11. The Morgan fingerprint density at radius 3 is 2.67 bits per heavy atom. The lowest BCUT2D eigenvalue weighted by Gasteiger charge is -1.95. The van der Waals surface area contributed by atoms with Gasteiger partial charge in [0.05, 0.1) is 12.0 Å². The fourth-order valence-electron chi connectivity index (χ4n) is 0.320. The highest BCUT2D eigenvalue weighted by molar-refractivity contribution is 4.88. The number of rotatable bonds is 3. The predicted molar refractivity (Wildman–Crippen MR) is 39.9 cm³/mol. The summed E-state index contributed by atoms with van der Waals surface area (Å²) in [4.78, 5) is 0. The van der Waals surface area contributed by atoms with Crippen molar-refractivity contribution in [3.05, 3.63) is 24.2 Å². The first kappa shape index (κ1) is 8.28. The number of ether oxygens (including phenoxy) is 1. The van der Waals surface area contributed by atoms with Crippen molar-refractivity contribution in [2.24, 2.45) is 0 Å². The van der Waals surface area contributed by atoms with Gasteiger partial charge >= 0.3 is 0 Å². The summed E-state index contributed by atoms with van der Waals surface area (Å²) >= 11 is 0. The molecule has 0 amide bonds. The largest absolute Gasteiger partial charge is 0.470 e. The van der Waals surface area contributed by atoms with Gasteiger partial charge in [-0.25, -0.2) is 0 Å². The predicted octanol–water partition coefficient (Wildman–Crippen LogP) is 2.85. The first-order chi connectivity index (χ1) is 4.31. The molecule has 52 valence electrons. The molecule has 1 nitrogen and oxygen atoms in total. The van der Waals surface area contributed by atoms with Gasteiger partial charge in [-0.3, -0.25) is 0 Å². The van der Waals surface area contributed by atoms with Gasteiger partial charge in [0, 0.05) is 0 Å². The Morgan fingerprint density at radius 1 is 1.56 bits per heavy atom. The number of allylic oxidation sites excluding steroid dienone is 3. The Hall–Kier alpha value is -0.720. The Morgan fingerprint density at radius 2 is 2.22 bits per heavy atom. The van der Waals surface area contributed by atoms with E-state index in [1.807, 2.05) is 26.0 Å². The summed E-state index contributed by atoms with van der Waals surface area (Å²) in [5, 5.41) is 0. The van der Waals surface area contributed by atoms with Crippen LogP contribution in [0.5, 0.6) is 0 Å². The molecular weight excluding hydrogens is 112 g/mol. The molecule has 9 heavy (non-hydrogen) atoms. The van der Waals surface area contributed by atoms with Crippen molar-refractivity contribution in [2.75, 3.05) is 0 Å². The van der Waals surface area contributed by atoms with Crippen LogP contribution in [-0.4, -0.2) is 0 Å². The van der Waals surface area contributed by atoms with Gasteiger partial charge in [-0.1, -0.05) is 6.92 Å². The van der Waals surface area contributed by atoms with Gasteiger partial charge in [-0.15, -0.1) is 0 Å². The second-order valence-electron chi connectivity index (χ2n) is 1.80. The Labute approximate surface area is 57.0 Å². The molecule has 0 aliphatic rings. The third kappa shape index (κ3) is 5.15. The summed E-state index contributed by atoms with van der Waals surface area (Å²) in [6.07, 6.45) is 6.65. The molecule has 0 spiro atoms. The van der Waals surface area contributed by atoms with Crippen LogP contribution >= 0.6 is 0 Å². The molecule has 0 N–H and O–H groups in total. The van der Waals surface area contributed by atoms with Crippen LogP contribution in [0.3, 0.4) is 0 Å². The molecule has 0 unspecified atom stereocenters. The maximum absolute atomic E-state index is 5.11. The monoisotopic (exact) mass is 126 g/mol. The highest BCUT2D eigenvalue weighted by atomic mass is 16.5. The van der Waals surface area contributed by atoms with Crippen LogP contribution in [0.1, 0.15) is 27.2 Å². The summed E-state index contributed by atoms with van der Waals surface area (Å²) in [5.41, 5.74) is 0. The standard InChI is InChI=1S/C8H14O/c1-4-6-7-9-8(3)5-2/h5-7H,4H2,1-3H3. The Balaban J connectivity index is 3.38. The molecular formula is C8H14O. The van der Waals surface area contributed by atoms with Crippen molar-refractivity contribution in [3.8, 4) is 0 Å². The SMILES string of the molecule is CC=C(C)OC=CCC. The van der Waals surface area contributed by atoms with E-state index in [9.17, 15) is 0 Å². The molecule has 0 aliphatic heterocycles. The third-order valence-corrected chi connectivity index (χ3v) is 0.992. The van der Waals surface area contributed by atoms with Gasteiger partial charge < -0.3 is 4.74 Å². The van der Waals surface area contributed by atoms with Gasteiger partial charge in [0.15, 0.2) is 0 Å². The first-order valence-corrected chi connectivity index (χ1v) is 3.25. The lowest BCUT2D eigenvalue weighted by molar-refractivity contribution is 0.351. The van der Waals surface area contributed by atoms with Gasteiger partial charge in [-0.2, -0.15) is 0 Å². The molecule has 0 radical (unpaired) electrons. The average molecular weight is 126 g/mol. The molecule has 1 heteroatoms. The van der Waals surface area contributed by atoms with Gasteiger partial charge in [0.25, 0.3) is 0 Å². The second kappa shape index (κ2) is 5.42. The lowest BCUT2D eigenvalue weighted by Crippen LogP contribution is -1.74. The average Bonchev–Trinajstić information content (AvgIpc) is 1.89. The van der Waals surface area contributed by atoms with Crippen molar-refractivity contribution in [1.82, 2.24) is 0 Å². The van der Waals surface area contributed by atoms with E-state index in [2.05, 4.69) is 6.92 Å². The molecule has 0 aromatic carbocycles. The quantitative estimate of drug-likeness (QED) is 0.528. The van der Waals surface area contributed by atoms with Crippen LogP contribution < -0.4 is 0 Å². The third-order valence-electron chi connectivity index (χ3n) is 0.992. The second-order valence-corrected chi connectivity index (χ2v) is 1.80. The maximum Gasteiger partial charge on any atom is 0.0958 e. The van der Waals surface area contributed by atoms with Crippen molar-refractivity contribution in [3.63, 3.8) is 0 Å². The van der Waals surface area contributed by atoms with Crippen LogP contribution in [0, 0.1) is 0 Å². The van der Waals surface area contributed by atoms with E-state index in [-0.39, 0.29) is 0 Å². The summed E-state index contributed by atoms with van der Waals surface area (Å²) in [5.74, 6) is 0.944. The fourth-order valence-corrected chi connectivity index (χ4v) is 0.320. The van der Waals surface area contributed by atoms with Crippen LogP contribution in [0.15, 0.2) is 24.2 Å². The molecule has 0 aromatic rings. The van der Waals surface area contributed by atoms with Crippen molar-refractivity contribution in [2.45, 2.75) is 27.2 Å². The molecule has 0 atom stereocenters. The zero-order valence-electron chi connectivity index (χ0n) is 6.35. The van der Waals surface area contributed by atoms with Gasteiger partial charge in [0.1, 0.15) is 0 Å². The van der Waals surface area contributed by atoms with Crippen LogP contribution in [-0.2, 0) is 4.74 Å². The smallest absolute Gasteiger partial charge is 0.0958 e. The van der Waals surface area contributed by atoms with Crippen LogP contribution in [0.2, 0.25) is 0 Å². The van der Waals surface area contributed by atoms with E-state index < -0.39 is 0 Å². The summed E-state index contributed by atoms with van der Waals surface area (Å²) in [6, 6.07) is 0. The number of hydrogen-bond donors (Lipinski definition) is 0. The highest BCUT2D eigenvalue weighted by Crippen LogP contribution is 1.94. The topological polar surface area (TPSA) is 9.23 Å². The highest BCUT2D eigenvalue weighted by Gasteiger charge is 1.77. The van der Waals surface area contributed by atoms with Gasteiger partial charge in [-0.05, 0) is 32.4 Å². The minimum absolute atomic E-state index is 0.944. The van der Waals surface area contributed by atoms with Crippen LogP contribution in [0.4, 0.5) is 0 Å². The minimum atomic E-state index is 0.944. The van der Waals surface area contributed by atoms with Crippen molar-refractivity contribution in [1.29, 1.82) is 0 Å². The molecule has 0 aromatic heterocycles. The molecule has 0 saturated heterocycles. The first-order valence-electron chi connectivity index (χ1n) is 3.25. The summed E-state index contributed by atoms with van der Waals surface area (Å²) in [6.45, 7) is 5.96. The van der Waals surface area contributed by atoms with Crippen molar-refractivity contribution >= 4 is 0 Å². The van der Waals surface area contributed by atoms with E-state index in [0.717, 1.165) is 12.2 Å². The van der Waals surface area contributed by atoms with E-state index in [1.54, 1.807) is 6.26 Å². The van der Waals surface area contributed by atoms with Gasteiger partial charge in [0.2, 0.25) is 0 Å². The molecule has 0 fully saturated rings. The van der Waals surface area contributed by atoms with E-state index in [0.29, 0.717) is 0 Å². The fraction of sp³-hybridized carbons (Fsp3) is 0.500. The Kier molecular flexibility index (Phi) is 4.98. The molecule has 0 bridgehead atoms. The zero-order valence-corrected chi connectivity index (χ0v) is 6.35. The van der Waals surface area contributed by atoms with E-state index in [4.69, 9.17) is 4.74 Å². The molecule has 0 heterocycles. The molecule has 0 aliphatic carbocycles. The molecule has 0 saturated carbocycles. The normalized spacial score (nSPS) is 12.6. The zero-order chi connectivity index (χ0) is 7.11. The van der Waals surface area contributed by atoms with E-state index >= 15 is 0 Å². The van der Waals surface area contributed by atoms with E-state index in [1.165, 1.54) is 0 Å². The Bertz CT molecular complexity index is 112. The van der Waals surface area contributed by atoms with Crippen molar-refractivity contribution < 1.29 is 4.74 Å². The summed E-state index contributed by atoms with van der Waals surface area (Å²) < 4.78 is 5.11. The lowest BCUT2D eigenvalue weighted by atomic mass is 10.5. The number of hydrogen-bond acceptors (Lipinski definition) is 1. The van der Waals surface area contributed by atoms with Crippen LogP contribution in [0.25, 0.3) is 0 Å². The summed E-state index contributed by atoms with van der Waals surface area (Å²) in [7, 11) is 0. The minimum Gasteiger partial charge on any atom is -0.470 e. The molecule has 0 rings (SSSR count).